The van der Waals surface area contributed by atoms with E-state index in [0.717, 1.165) is 35.0 Å². The number of ether oxygens (including phenoxy) is 2. The zero-order chi connectivity index (χ0) is 53.5. The van der Waals surface area contributed by atoms with Crippen molar-refractivity contribution in [2.45, 2.75) is 103 Å². The molecule has 0 unspecified atom stereocenters. The number of carboxylic acid groups (broad SMARTS) is 1. The molecule has 5 amide bonds. The lowest BCUT2D eigenvalue weighted by molar-refractivity contribution is 0.00723. The highest BCUT2D eigenvalue weighted by molar-refractivity contribution is 6.05. The molecule has 2 aliphatic heterocycles. The lowest BCUT2D eigenvalue weighted by Gasteiger charge is -2.36. The number of nitrogen functional groups attached to an aromatic ring is 2. The third-order valence-electron chi connectivity index (χ3n) is 11.6. The number of likely N-dealkylation sites (tertiary alicyclic amines) is 2. The Labute approximate surface area is 425 Å². The van der Waals surface area contributed by atoms with Crippen LogP contribution in [0, 0.1) is 0 Å². The lowest BCUT2D eigenvalue weighted by Crippen LogP contribution is -2.43. The smallest absolute Gasteiger partial charge is 0.410 e. The molecule has 6 heterocycles. The van der Waals surface area contributed by atoms with E-state index in [4.69, 9.17) is 26.9 Å². The van der Waals surface area contributed by atoms with E-state index in [1.165, 1.54) is 12.4 Å². The highest BCUT2D eigenvalue weighted by Gasteiger charge is 2.38. The first-order valence-electron chi connectivity index (χ1n) is 23.8. The number of imidazole rings is 2. The maximum atomic E-state index is 12.9. The van der Waals surface area contributed by atoms with Crippen molar-refractivity contribution in [3.63, 3.8) is 0 Å². The molecule has 24 nitrogen and oxygen atoms in total. The quantitative estimate of drug-likeness (QED) is 0.0816. The van der Waals surface area contributed by atoms with E-state index in [2.05, 4.69) is 41.0 Å². The summed E-state index contributed by atoms with van der Waals surface area (Å²) >= 11 is 0. The predicted molar refractivity (Wildman–Crippen MR) is 270 cm³/mol. The van der Waals surface area contributed by atoms with Crippen molar-refractivity contribution in [2.75, 3.05) is 35.4 Å². The van der Waals surface area contributed by atoms with E-state index in [0.29, 0.717) is 65.6 Å². The third-order valence-corrected chi connectivity index (χ3v) is 11.6. The van der Waals surface area contributed by atoms with Gasteiger partial charge in [0.25, 0.3) is 17.7 Å². The van der Waals surface area contributed by atoms with Gasteiger partial charge in [-0.3, -0.25) is 24.2 Å². The first-order chi connectivity index (χ1) is 35.1. The molecule has 4 aromatic heterocycles. The van der Waals surface area contributed by atoms with Crippen LogP contribution < -0.4 is 28.1 Å². The number of nitrogens with one attached hydrogen (secondary N) is 2. The first kappa shape index (κ1) is 52.9. The Morgan fingerprint density at radius 3 is 1.34 bits per heavy atom. The minimum Gasteiger partial charge on any atom is -0.476 e. The number of aromatic carboxylic acids is 1. The van der Waals surface area contributed by atoms with Crippen LogP contribution in [0.2, 0.25) is 0 Å². The lowest BCUT2D eigenvalue weighted by atomic mass is 10.0. The van der Waals surface area contributed by atoms with Gasteiger partial charge in [0.05, 0.1) is 12.1 Å². The molecular weight excluding hydrogens is 955 g/mol. The fraction of sp³-hybridized carbons (Fsp3) is 0.360. The van der Waals surface area contributed by atoms with E-state index in [1.807, 2.05) is 0 Å². The molecule has 24 heteroatoms. The van der Waals surface area contributed by atoms with Crippen LogP contribution in [0.3, 0.4) is 0 Å². The number of carbonyl (C=O) groups is 6. The van der Waals surface area contributed by atoms with Crippen LogP contribution in [0.15, 0.2) is 85.2 Å². The molecule has 6 aromatic rings. The second-order valence-electron chi connectivity index (χ2n) is 19.4. The molecule has 2 atom stereocenters. The zero-order valence-corrected chi connectivity index (χ0v) is 41.8. The second-order valence-corrected chi connectivity index (χ2v) is 19.4. The molecule has 2 aliphatic rings. The summed E-state index contributed by atoms with van der Waals surface area (Å²) in [6, 6.07) is 18.3. The first-order valence-corrected chi connectivity index (χ1v) is 23.8. The zero-order valence-electron chi connectivity index (χ0n) is 41.8. The van der Waals surface area contributed by atoms with E-state index in [9.17, 15) is 33.9 Å². The summed E-state index contributed by atoms with van der Waals surface area (Å²) in [5, 5.41) is 30.3. The summed E-state index contributed by atoms with van der Waals surface area (Å²) in [6.07, 6.45) is 6.48. The summed E-state index contributed by atoms with van der Waals surface area (Å²) in [6.45, 7) is 11.7. The van der Waals surface area contributed by atoms with Gasteiger partial charge < -0.3 is 42.6 Å². The van der Waals surface area contributed by atoms with Crippen molar-refractivity contribution in [3.8, 4) is 22.5 Å². The monoisotopic (exact) mass is 1010 g/mol. The Kier molecular flexibility index (Phi) is 15.9. The standard InChI is InChI=1S/C25H30N8O4.C25H29N7O5/c1-25(2,3)37-24(36)32-14-5-4-7-17(32)22-30-19(20(21(26)34)33(22)27)15-9-11-16(12-10-15)23(35)29-18-8-6-13-28-31-18;1-25(2,3)37-24(36)31-14-5-4-7-17(31)21-29-19(20(23(34)35)32(21)26)15-9-11-16(12-10-15)22(33)28-18-8-6-13-27-30-18/h6,8-13,17H,4-5,7,14,27H2,1-3H3,(H2,26,34)(H,29,31,35);6,8-13,17H,4-5,7,14,26H2,1-3H3,(H,34,35)(H,28,30,33)/t2*17-/m00/s1. The number of hydrogen-bond acceptors (Lipinski definition) is 16. The topological polar surface area (TPSA) is 337 Å². The highest BCUT2D eigenvalue weighted by Crippen LogP contribution is 2.36. The number of anilines is 2. The van der Waals surface area contributed by atoms with E-state index >= 15 is 0 Å². The Balaban J connectivity index is 0.000000216. The van der Waals surface area contributed by atoms with E-state index < -0.39 is 53.3 Å². The number of nitrogens with zero attached hydrogens (tertiary/aromatic N) is 10. The molecular formula is C50H59N15O9. The average Bonchev–Trinajstić information content (AvgIpc) is 3.90. The molecule has 0 spiro atoms. The number of carbonyl (C=O) groups excluding carboxylic acids is 5. The van der Waals surface area contributed by atoms with Crippen LogP contribution in [0.1, 0.15) is 145 Å². The molecule has 0 bridgehead atoms. The number of aromatic nitrogens is 8. The molecule has 388 valence electrons. The van der Waals surface area contributed by atoms with E-state index in [1.54, 1.807) is 124 Å². The summed E-state index contributed by atoms with van der Waals surface area (Å²) < 4.78 is 13.3. The number of piperidine rings is 2. The molecule has 74 heavy (non-hydrogen) atoms. The normalized spacial score (nSPS) is 15.8. The number of hydrogen-bond donors (Lipinski definition) is 6. The van der Waals surface area contributed by atoms with Gasteiger partial charge in [-0.2, -0.15) is 10.2 Å². The molecule has 2 saturated heterocycles. The molecule has 2 fully saturated rings. The van der Waals surface area contributed by atoms with Crippen LogP contribution in [0.4, 0.5) is 21.2 Å². The van der Waals surface area contributed by atoms with Crippen LogP contribution in [0.25, 0.3) is 22.5 Å². The molecule has 9 N–H and O–H groups in total. The minimum absolute atomic E-state index is 0.00136. The summed E-state index contributed by atoms with van der Waals surface area (Å²) in [4.78, 5) is 87.9. The predicted octanol–water partition coefficient (Wildman–Crippen LogP) is 6.33. The van der Waals surface area contributed by atoms with Crippen molar-refractivity contribution >= 4 is 47.5 Å². The molecule has 0 radical (unpaired) electrons. The van der Waals surface area contributed by atoms with Gasteiger partial charge in [0.2, 0.25) is 0 Å². The average molecular weight is 1010 g/mol. The maximum Gasteiger partial charge on any atom is 0.410 e. The largest absolute Gasteiger partial charge is 0.476 e. The Morgan fingerprint density at radius 1 is 0.595 bits per heavy atom. The van der Waals surface area contributed by atoms with Crippen molar-refractivity contribution in [3.05, 3.63) is 119 Å². The number of carboxylic acids is 1. The Hall–Kier alpha value is -8.96. The van der Waals surface area contributed by atoms with Gasteiger partial charge in [-0.25, -0.2) is 33.7 Å². The summed E-state index contributed by atoms with van der Waals surface area (Å²) in [5.74, 6) is 11.0. The van der Waals surface area contributed by atoms with Crippen molar-refractivity contribution in [1.82, 2.24) is 49.5 Å². The fourth-order valence-corrected chi connectivity index (χ4v) is 8.36. The fourth-order valence-electron chi connectivity index (χ4n) is 8.36. The van der Waals surface area contributed by atoms with Gasteiger partial charge in [-0.1, -0.05) is 24.3 Å². The summed E-state index contributed by atoms with van der Waals surface area (Å²) in [5.41, 5.74) is 6.21. The second kappa shape index (κ2) is 22.2. The van der Waals surface area contributed by atoms with Gasteiger partial charge in [0, 0.05) is 47.7 Å². The SMILES string of the molecule is CC(C)(C)OC(=O)N1CCCC[C@H]1c1nc(-c2ccc(C(=O)Nc3cccnn3)cc2)c(C(=O)O)n1N.CC(C)(C)OC(=O)N1CCCC[C@H]1c1nc(-c2ccc(C(=O)Nc3cccnn3)cc2)c(C(N)=O)n1N. The van der Waals surface area contributed by atoms with Crippen molar-refractivity contribution in [2.24, 2.45) is 5.73 Å². The van der Waals surface area contributed by atoms with Gasteiger partial charge in [0.15, 0.2) is 34.7 Å². The van der Waals surface area contributed by atoms with Crippen LogP contribution in [0.5, 0.6) is 0 Å². The Morgan fingerprint density at radius 2 is 0.986 bits per heavy atom. The third kappa shape index (κ3) is 12.6. The molecule has 0 aliphatic carbocycles. The van der Waals surface area contributed by atoms with Gasteiger partial charge >= 0.3 is 18.2 Å². The minimum atomic E-state index is -1.26. The molecule has 2 aromatic carbocycles. The van der Waals surface area contributed by atoms with Crippen molar-refractivity contribution < 1.29 is 43.3 Å². The van der Waals surface area contributed by atoms with Crippen LogP contribution in [-0.4, -0.2) is 115 Å². The molecule has 8 rings (SSSR count). The van der Waals surface area contributed by atoms with Gasteiger partial charge in [0.1, 0.15) is 22.6 Å². The molecule has 0 saturated carbocycles. The number of benzene rings is 2. The summed E-state index contributed by atoms with van der Waals surface area (Å²) in [7, 11) is 0. The van der Waals surface area contributed by atoms with E-state index in [-0.39, 0.29) is 34.5 Å². The number of rotatable bonds is 10. The number of amides is 5. The van der Waals surface area contributed by atoms with Gasteiger partial charge in [-0.15, -0.1) is 10.2 Å². The number of primary amides is 1. The Bertz CT molecular complexity index is 2800. The van der Waals surface area contributed by atoms with Crippen molar-refractivity contribution in [1.29, 1.82) is 0 Å². The number of nitrogens with two attached hydrogens (primary N) is 3. The van der Waals surface area contributed by atoms with Crippen LogP contribution >= 0.6 is 0 Å². The van der Waals surface area contributed by atoms with Gasteiger partial charge in [-0.05, 0) is 129 Å². The highest BCUT2D eigenvalue weighted by atomic mass is 16.6. The van der Waals surface area contributed by atoms with Crippen LogP contribution in [-0.2, 0) is 9.47 Å². The maximum absolute atomic E-state index is 12.9.